The van der Waals surface area contributed by atoms with Crippen molar-refractivity contribution in [2.75, 3.05) is 13.2 Å². The number of carbonyl (C=O) groups is 2. The number of rotatable bonds is 6. The Hall–Kier alpha value is -3.00. The molecule has 9 heteroatoms. The van der Waals surface area contributed by atoms with Crippen molar-refractivity contribution in [3.63, 3.8) is 0 Å². The van der Waals surface area contributed by atoms with Crippen molar-refractivity contribution in [2.45, 2.75) is 36.9 Å². The van der Waals surface area contributed by atoms with Crippen LogP contribution in [0.5, 0.6) is 17.2 Å². The number of amides is 2. The zero-order valence-corrected chi connectivity index (χ0v) is 17.9. The molecule has 32 heavy (non-hydrogen) atoms. The lowest BCUT2D eigenvalue weighted by molar-refractivity contribution is -0.133. The zero-order chi connectivity index (χ0) is 22.3. The van der Waals surface area contributed by atoms with Gasteiger partial charge in [-0.15, -0.1) is 0 Å². The first-order valence-corrected chi connectivity index (χ1v) is 10.9. The van der Waals surface area contributed by atoms with Gasteiger partial charge in [-0.2, -0.15) is 0 Å². The lowest BCUT2D eigenvalue weighted by Gasteiger charge is -2.40. The molecule has 2 aromatic rings. The lowest BCUT2D eigenvalue weighted by atomic mass is 9.76. The molecule has 3 fully saturated rings. The summed E-state index contributed by atoms with van der Waals surface area (Å²) in [5, 5.41) is 6.07. The first kappa shape index (κ1) is 20.9. The molecule has 2 amide bonds. The van der Waals surface area contributed by atoms with Crippen molar-refractivity contribution in [1.29, 1.82) is 0 Å². The highest BCUT2D eigenvalue weighted by atomic mass is 35.5. The van der Waals surface area contributed by atoms with E-state index in [0.717, 1.165) is 18.9 Å². The van der Waals surface area contributed by atoms with E-state index in [9.17, 15) is 14.0 Å². The highest BCUT2D eigenvalue weighted by Gasteiger charge is 2.57. The molecule has 0 saturated heterocycles. The van der Waals surface area contributed by atoms with Crippen LogP contribution < -0.4 is 24.8 Å². The van der Waals surface area contributed by atoms with Gasteiger partial charge in [-0.25, -0.2) is 4.39 Å². The van der Waals surface area contributed by atoms with Crippen molar-refractivity contribution in [3.05, 3.63) is 53.3 Å². The SMILES string of the molecule is O=C(COc1ccc(Cl)c(F)c1)N[C@@H]1CC2(NC(=O)[C@H]3COc4ccccc4O3)CC1C2. The molecular formula is C23H22ClFN2O5. The third-order valence-electron chi connectivity index (χ3n) is 6.28. The van der Waals surface area contributed by atoms with Gasteiger partial charge in [0, 0.05) is 17.6 Å². The Kier molecular flexibility index (Phi) is 5.33. The summed E-state index contributed by atoms with van der Waals surface area (Å²) < 4.78 is 30.2. The summed E-state index contributed by atoms with van der Waals surface area (Å²) in [6, 6.07) is 11.2. The number of hydrogen-bond acceptors (Lipinski definition) is 5. The fourth-order valence-electron chi connectivity index (χ4n) is 4.76. The highest BCUT2D eigenvalue weighted by Crippen LogP contribution is 2.52. The number of para-hydroxylation sites is 2. The van der Waals surface area contributed by atoms with Crippen molar-refractivity contribution in [1.82, 2.24) is 10.6 Å². The minimum Gasteiger partial charge on any atom is -0.485 e. The molecule has 0 unspecified atom stereocenters. The maximum Gasteiger partial charge on any atom is 0.265 e. The van der Waals surface area contributed by atoms with E-state index in [4.69, 9.17) is 25.8 Å². The predicted molar refractivity (Wildman–Crippen MR) is 113 cm³/mol. The molecule has 0 radical (unpaired) electrons. The number of carbonyl (C=O) groups excluding carboxylic acids is 2. The molecule has 4 aliphatic rings. The topological polar surface area (TPSA) is 85.9 Å². The minimum atomic E-state index is -0.708. The van der Waals surface area contributed by atoms with Gasteiger partial charge < -0.3 is 24.8 Å². The van der Waals surface area contributed by atoms with Gasteiger partial charge in [0.05, 0.1) is 5.02 Å². The van der Waals surface area contributed by atoms with E-state index < -0.39 is 11.9 Å². The van der Waals surface area contributed by atoms with Crippen molar-refractivity contribution in [3.8, 4) is 17.2 Å². The molecule has 2 aromatic carbocycles. The third kappa shape index (κ3) is 4.07. The van der Waals surface area contributed by atoms with E-state index in [0.29, 0.717) is 23.8 Å². The second-order valence-corrected chi connectivity index (χ2v) is 8.95. The average molecular weight is 461 g/mol. The highest BCUT2D eigenvalue weighted by molar-refractivity contribution is 6.30. The van der Waals surface area contributed by atoms with Crippen LogP contribution in [0.4, 0.5) is 4.39 Å². The van der Waals surface area contributed by atoms with E-state index >= 15 is 0 Å². The summed E-state index contributed by atoms with van der Waals surface area (Å²) in [6.07, 6.45) is 1.54. The Morgan fingerprint density at radius 1 is 1.16 bits per heavy atom. The number of halogens is 2. The van der Waals surface area contributed by atoms with Crippen molar-refractivity contribution < 1.29 is 28.2 Å². The third-order valence-corrected chi connectivity index (χ3v) is 6.59. The Morgan fingerprint density at radius 3 is 2.72 bits per heavy atom. The molecule has 1 heterocycles. The number of fused-ring (bicyclic) bond motifs is 2. The quantitative estimate of drug-likeness (QED) is 0.692. The lowest BCUT2D eigenvalue weighted by Crippen LogP contribution is -2.56. The smallest absolute Gasteiger partial charge is 0.265 e. The van der Waals surface area contributed by atoms with Crippen molar-refractivity contribution in [2.24, 2.45) is 5.92 Å². The van der Waals surface area contributed by atoms with Gasteiger partial charge in [-0.3, -0.25) is 9.59 Å². The van der Waals surface area contributed by atoms with E-state index in [-0.39, 0.29) is 47.4 Å². The molecule has 168 valence electrons. The molecule has 2 N–H and O–H groups in total. The summed E-state index contributed by atoms with van der Waals surface area (Å²) >= 11 is 5.64. The first-order valence-electron chi connectivity index (χ1n) is 10.5. The standard InChI is InChI=1S/C23H22ClFN2O5/c24-15-6-5-14(7-16(15)25)30-12-21(28)26-17-10-23(8-13(17)9-23)27-22(29)20-11-31-18-3-1-2-4-19(18)32-20/h1-7,13,17,20H,8-12H2,(H,26,28)(H,27,29)/t13?,17-,20-,23?/m1/s1. The fraction of sp³-hybridized carbons (Fsp3) is 0.391. The second-order valence-electron chi connectivity index (χ2n) is 8.54. The molecule has 0 aromatic heterocycles. The molecule has 1 aliphatic heterocycles. The molecule has 2 bridgehead atoms. The van der Waals surface area contributed by atoms with Gasteiger partial charge in [0.2, 0.25) is 6.10 Å². The van der Waals surface area contributed by atoms with Gasteiger partial charge in [0.25, 0.3) is 11.8 Å². The predicted octanol–water partition coefficient (Wildman–Crippen LogP) is 2.85. The van der Waals surface area contributed by atoms with Crippen LogP contribution in [-0.4, -0.2) is 42.7 Å². The number of benzene rings is 2. The Balaban J connectivity index is 1.11. The van der Waals surface area contributed by atoms with Crippen LogP contribution in [0.2, 0.25) is 5.02 Å². The van der Waals surface area contributed by atoms with Gasteiger partial charge in [-0.1, -0.05) is 23.7 Å². The maximum absolute atomic E-state index is 13.5. The Bertz CT molecular complexity index is 1060. The van der Waals surface area contributed by atoms with E-state index in [1.54, 1.807) is 12.1 Å². The largest absolute Gasteiger partial charge is 0.485 e. The molecule has 6 rings (SSSR count). The maximum atomic E-state index is 13.5. The van der Waals surface area contributed by atoms with Gasteiger partial charge >= 0.3 is 0 Å². The molecule has 2 atom stereocenters. The number of hydrogen-bond donors (Lipinski definition) is 2. The van der Waals surface area contributed by atoms with E-state index in [2.05, 4.69) is 10.6 Å². The molecule has 3 saturated carbocycles. The average Bonchev–Trinajstić information content (AvgIpc) is 3.27. The number of nitrogens with one attached hydrogen (secondary N) is 2. The van der Waals surface area contributed by atoms with Gasteiger partial charge in [0.1, 0.15) is 18.2 Å². The fourth-order valence-corrected chi connectivity index (χ4v) is 4.88. The van der Waals surface area contributed by atoms with Crippen LogP contribution in [-0.2, 0) is 9.59 Å². The summed E-state index contributed by atoms with van der Waals surface area (Å²) in [7, 11) is 0. The summed E-state index contributed by atoms with van der Waals surface area (Å²) in [5.74, 6) is 0.618. The van der Waals surface area contributed by atoms with Crippen LogP contribution in [0.25, 0.3) is 0 Å². The Morgan fingerprint density at radius 2 is 1.94 bits per heavy atom. The monoisotopic (exact) mass is 460 g/mol. The number of ether oxygens (including phenoxy) is 3. The molecular weight excluding hydrogens is 439 g/mol. The van der Waals surface area contributed by atoms with Crippen LogP contribution in [0.1, 0.15) is 19.3 Å². The second kappa shape index (κ2) is 8.16. The Labute approximate surface area is 189 Å². The zero-order valence-electron chi connectivity index (χ0n) is 17.1. The summed E-state index contributed by atoms with van der Waals surface area (Å²) in [6.45, 7) is -0.0680. The normalized spacial score (nSPS) is 27.2. The minimum absolute atomic E-state index is 0.00530. The van der Waals surface area contributed by atoms with Gasteiger partial charge in [-0.05, 0) is 49.4 Å². The molecule has 3 aliphatic carbocycles. The van der Waals surface area contributed by atoms with Crippen molar-refractivity contribution >= 4 is 23.4 Å². The first-order chi connectivity index (χ1) is 15.4. The summed E-state index contributed by atoms with van der Waals surface area (Å²) in [5.41, 5.74) is -0.333. The van der Waals surface area contributed by atoms with Gasteiger partial charge in [0.15, 0.2) is 18.1 Å². The van der Waals surface area contributed by atoms with Crippen LogP contribution >= 0.6 is 11.6 Å². The molecule has 0 spiro atoms. The van der Waals surface area contributed by atoms with Crippen LogP contribution in [0.15, 0.2) is 42.5 Å². The van der Waals surface area contributed by atoms with E-state index in [1.807, 2.05) is 12.1 Å². The summed E-state index contributed by atoms with van der Waals surface area (Å²) in [4.78, 5) is 25.1. The van der Waals surface area contributed by atoms with Crippen LogP contribution in [0, 0.1) is 11.7 Å². The molecule has 7 nitrogen and oxygen atoms in total. The van der Waals surface area contributed by atoms with E-state index in [1.165, 1.54) is 12.1 Å². The van der Waals surface area contributed by atoms with Crippen LogP contribution in [0.3, 0.4) is 0 Å².